The fraction of sp³-hybridized carbons (Fsp3) is 1.00. The first kappa shape index (κ1) is 23.1. The van der Waals surface area contributed by atoms with E-state index in [1.165, 1.54) is 77.0 Å². The van der Waals surface area contributed by atoms with Crippen molar-refractivity contribution in [1.29, 1.82) is 0 Å². The van der Waals surface area contributed by atoms with E-state index in [-0.39, 0.29) is 6.10 Å². The molecular weight excluding hydrogens is 304 g/mol. The summed E-state index contributed by atoms with van der Waals surface area (Å²) >= 11 is 0. The maximum absolute atomic E-state index is 11.3. The SMILES string of the molecule is CCCCCCCCCCCCCCCC(O)CCS(=O)CC. The average molecular weight is 347 g/mol. The summed E-state index contributed by atoms with van der Waals surface area (Å²) in [5, 5.41) is 9.84. The Morgan fingerprint density at radius 1 is 0.696 bits per heavy atom. The Morgan fingerprint density at radius 2 is 1.13 bits per heavy atom. The minimum Gasteiger partial charge on any atom is -0.393 e. The Hall–Kier alpha value is 0.110. The Balaban J connectivity index is 3.14. The zero-order valence-corrected chi connectivity index (χ0v) is 16.7. The van der Waals surface area contributed by atoms with Crippen molar-refractivity contribution in [3.8, 4) is 0 Å². The second kappa shape index (κ2) is 18.4. The highest BCUT2D eigenvalue weighted by atomic mass is 32.2. The molecule has 0 aromatic heterocycles. The summed E-state index contributed by atoms with van der Waals surface area (Å²) in [4.78, 5) is 0. The minimum absolute atomic E-state index is 0.238. The lowest BCUT2D eigenvalue weighted by molar-refractivity contribution is 0.157. The van der Waals surface area contributed by atoms with Crippen molar-refractivity contribution in [1.82, 2.24) is 0 Å². The van der Waals surface area contributed by atoms with Gasteiger partial charge in [-0.25, -0.2) is 0 Å². The second-order valence-corrected chi connectivity index (χ2v) is 8.77. The molecule has 1 N–H and O–H groups in total. The molecule has 0 fully saturated rings. The summed E-state index contributed by atoms with van der Waals surface area (Å²) in [6, 6.07) is 0. The molecule has 0 aliphatic carbocycles. The van der Waals surface area contributed by atoms with Gasteiger partial charge in [-0.15, -0.1) is 0 Å². The molecule has 2 unspecified atom stereocenters. The van der Waals surface area contributed by atoms with Gasteiger partial charge >= 0.3 is 0 Å². The highest BCUT2D eigenvalue weighted by Gasteiger charge is 2.06. The van der Waals surface area contributed by atoms with E-state index in [4.69, 9.17) is 0 Å². The van der Waals surface area contributed by atoms with Crippen molar-refractivity contribution in [2.45, 2.75) is 116 Å². The number of aliphatic hydroxyl groups excluding tert-OH is 1. The van der Waals surface area contributed by atoms with Crippen LogP contribution in [0.1, 0.15) is 110 Å². The van der Waals surface area contributed by atoms with E-state index < -0.39 is 10.8 Å². The van der Waals surface area contributed by atoms with E-state index in [1.807, 2.05) is 6.92 Å². The molecule has 0 rings (SSSR count). The molecule has 140 valence electrons. The fourth-order valence-electron chi connectivity index (χ4n) is 2.95. The van der Waals surface area contributed by atoms with Crippen molar-refractivity contribution in [2.75, 3.05) is 11.5 Å². The number of hydrogen-bond acceptors (Lipinski definition) is 2. The van der Waals surface area contributed by atoms with Gasteiger partial charge in [-0.2, -0.15) is 0 Å². The van der Waals surface area contributed by atoms with Crippen LogP contribution in [-0.2, 0) is 10.8 Å². The van der Waals surface area contributed by atoms with Crippen molar-refractivity contribution in [3.05, 3.63) is 0 Å². The summed E-state index contributed by atoms with van der Waals surface area (Å²) in [6.45, 7) is 4.21. The van der Waals surface area contributed by atoms with Gasteiger partial charge in [0.15, 0.2) is 0 Å². The lowest BCUT2D eigenvalue weighted by atomic mass is 10.0. The summed E-state index contributed by atoms with van der Waals surface area (Å²) in [6.07, 6.45) is 19.1. The molecule has 0 bridgehead atoms. The van der Waals surface area contributed by atoms with E-state index >= 15 is 0 Å². The van der Waals surface area contributed by atoms with Gasteiger partial charge in [0, 0.05) is 22.3 Å². The Bertz CT molecular complexity index is 256. The standard InChI is InChI=1S/C20H42O2S/c1-3-5-6-7-8-9-10-11-12-13-14-15-16-17-20(21)18-19-23(22)4-2/h20-21H,3-19H2,1-2H3. The molecule has 2 nitrogen and oxygen atoms in total. The smallest absolute Gasteiger partial charge is 0.0549 e. The Kier molecular flexibility index (Phi) is 18.5. The molecule has 0 aliphatic heterocycles. The first-order valence-corrected chi connectivity index (χ1v) is 11.7. The Labute approximate surface area is 148 Å². The van der Waals surface area contributed by atoms with Gasteiger partial charge in [-0.3, -0.25) is 4.21 Å². The summed E-state index contributed by atoms with van der Waals surface area (Å²) in [7, 11) is -0.725. The lowest BCUT2D eigenvalue weighted by Gasteiger charge is -2.09. The van der Waals surface area contributed by atoms with E-state index in [0.717, 1.165) is 12.8 Å². The van der Waals surface area contributed by atoms with Crippen LogP contribution in [0.3, 0.4) is 0 Å². The molecule has 0 aromatic rings. The van der Waals surface area contributed by atoms with Gasteiger partial charge in [0.05, 0.1) is 6.10 Å². The third-order valence-corrected chi connectivity index (χ3v) is 5.98. The molecule has 0 aromatic carbocycles. The molecule has 0 amide bonds. The molecule has 23 heavy (non-hydrogen) atoms. The topological polar surface area (TPSA) is 37.3 Å². The lowest BCUT2D eigenvalue weighted by Crippen LogP contribution is -2.12. The minimum atomic E-state index is -0.725. The molecule has 0 heterocycles. The number of aliphatic hydroxyl groups is 1. The van der Waals surface area contributed by atoms with Crippen LogP contribution in [-0.4, -0.2) is 26.9 Å². The normalized spacial score (nSPS) is 14.0. The Morgan fingerprint density at radius 3 is 1.57 bits per heavy atom. The largest absolute Gasteiger partial charge is 0.393 e. The number of hydrogen-bond donors (Lipinski definition) is 1. The van der Waals surface area contributed by atoms with Crippen LogP contribution in [0, 0.1) is 0 Å². The zero-order chi connectivity index (χ0) is 17.2. The molecule has 0 saturated carbocycles. The fourth-order valence-corrected chi connectivity index (χ4v) is 3.78. The molecule has 3 heteroatoms. The van der Waals surface area contributed by atoms with Crippen LogP contribution in [0.4, 0.5) is 0 Å². The zero-order valence-electron chi connectivity index (χ0n) is 15.9. The predicted molar refractivity (Wildman–Crippen MR) is 104 cm³/mol. The van der Waals surface area contributed by atoms with Crippen molar-refractivity contribution in [3.63, 3.8) is 0 Å². The average Bonchev–Trinajstić information content (AvgIpc) is 2.56. The van der Waals surface area contributed by atoms with Gasteiger partial charge < -0.3 is 5.11 Å². The number of unbranched alkanes of at least 4 members (excludes halogenated alkanes) is 12. The highest BCUT2D eigenvalue weighted by molar-refractivity contribution is 7.84. The van der Waals surface area contributed by atoms with E-state index in [2.05, 4.69) is 6.92 Å². The van der Waals surface area contributed by atoms with Crippen LogP contribution in [0.2, 0.25) is 0 Å². The van der Waals surface area contributed by atoms with Crippen LogP contribution in [0.5, 0.6) is 0 Å². The third-order valence-electron chi connectivity index (χ3n) is 4.64. The van der Waals surface area contributed by atoms with Gasteiger partial charge in [0.25, 0.3) is 0 Å². The maximum atomic E-state index is 11.3. The van der Waals surface area contributed by atoms with Crippen LogP contribution >= 0.6 is 0 Å². The maximum Gasteiger partial charge on any atom is 0.0549 e. The first-order valence-electron chi connectivity index (χ1n) is 10.2. The molecule has 0 radical (unpaired) electrons. The van der Waals surface area contributed by atoms with Gasteiger partial charge in [-0.1, -0.05) is 97.3 Å². The molecule has 0 spiro atoms. The van der Waals surface area contributed by atoms with E-state index in [9.17, 15) is 9.32 Å². The van der Waals surface area contributed by atoms with Crippen molar-refractivity contribution in [2.24, 2.45) is 0 Å². The quantitative estimate of drug-likeness (QED) is 0.310. The monoisotopic (exact) mass is 346 g/mol. The van der Waals surface area contributed by atoms with Crippen LogP contribution < -0.4 is 0 Å². The summed E-state index contributed by atoms with van der Waals surface area (Å²) in [5.41, 5.74) is 0. The van der Waals surface area contributed by atoms with E-state index in [0.29, 0.717) is 17.9 Å². The predicted octanol–water partition coefficient (Wildman–Crippen LogP) is 5.99. The molecule has 2 atom stereocenters. The van der Waals surface area contributed by atoms with Crippen molar-refractivity contribution < 1.29 is 9.32 Å². The highest BCUT2D eigenvalue weighted by Crippen LogP contribution is 2.14. The molecule has 0 saturated heterocycles. The molecular formula is C20H42O2S. The van der Waals surface area contributed by atoms with Crippen molar-refractivity contribution >= 4 is 10.8 Å². The van der Waals surface area contributed by atoms with Gasteiger partial charge in [0.2, 0.25) is 0 Å². The third kappa shape index (κ3) is 18.3. The number of rotatable bonds is 18. The first-order chi connectivity index (χ1) is 11.2. The van der Waals surface area contributed by atoms with Gasteiger partial charge in [0.1, 0.15) is 0 Å². The second-order valence-electron chi connectivity index (χ2n) is 6.91. The van der Waals surface area contributed by atoms with Crippen LogP contribution in [0.25, 0.3) is 0 Å². The summed E-state index contributed by atoms with van der Waals surface area (Å²) < 4.78 is 11.3. The van der Waals surface area contributed by atoms with E-state index in [1.54, 1.807) is 0 Å². The van der Waals surface area contributed by atoms with Crippen LogP contribution in [0.15, 0.2) is 0 Å². The summed E-state index contributed by atoms with van der Waals surface area (Å²) in [5.74, 6) is 1.38. The van der Waals surface area contributed by atoms with Gasteiger partial charge in [-0.05, 0) is 12.8 Å². The molecule has 0 aliphatic rings.